The first-order valence-electron chi connectivity index (χ1n) is 5.32. The molecule has 0 aromatic carbocycles. The molecule has 1 N–H and O–H groups in total. The van der Waals surface area contributed by atoms with Gasteiger partial charge in [0.2, 0.25) is 0 Å². The van der Waals surface area contributed by atoms with Crippen LogP contribution in [0.5, 0.6) is 0 Å². The zero-order valence-electron chi connectivity index (χ0n) is 11.2. The van der Waals surface area contributed by atoms with Crippen LogP contribution in [-0.2, 0) is 52.1 Å². The zero-order chi connectivity index (χ0) is 14.9. The first-order chi connectivity index (χ1) is 8.68. The number of aliphatic carboxylic acids is 1. The van der Waals surface area contributed by atoms with E-state index in [0.717, 1.165) is 14.8 Å². The van der Waals surface area contributed by atoms with Crippen LogP contribution in [0.3, 0.4) is 0 Å². The van der Waals surface area contributed by atoms with Crippen LogP contribution in [0.25, 0.3) is 11.2 Å². The molecular formula is C10H13HgN4O4. The van der Waals surface area contributed by atoms with Crippen LogP contribution < -0.4 is 14.6 Å². The normalized spacial score (nSPS) is 10.2. The van der Waals surface area contributed by atoms with Crippen LogP contribution in [0, 0.1) is 0 Å². The number of rotatable bonds is 0. The molecule has 0 atom stereocenters. The van der Waals surface area contributed by atoms with Crippen molar-refractivity contribution in [2.24, 2.45) is 21.1 Å². The van der Waals surface area contributed by atoms with Gasteiger partial charge in [0.1, 0.15) is 0 Å². The molecule has 2 heterocycles. The number of hydrogen-bond acceptors (Lipinski definition) is 4. The number of hydrogen-bond donors (Lipinski definition) is 1. The van der Waals surface area contributed by atoms with Crippen molar-refractivity contribution in [3.05, 3.63) is 20.8 Å². The van der Waals surface area contributed by atoms with E-state index < -0.39 is 5.97 Å². The van der Waals surface area contributed by atoms with E-state index in [4.69, 9.17) is 9.90 Å². The van der Waals surface area contributed by atoms with Crippen molar-refractivity contribution in [3.63, 3.8) is 0 Å². The first kappa shape index (κ1) is 15.6. The van der Waals surface area contributed by atoms with Crippen LogP contribution in [0.1, 0.15) is 6.92 Å². The van der Waals surface area contributed by atoms with Gasteiger partial charge < -0.3 is 5.11 Å². The topological polar surface area (TPSA) is 99.1 Å². The molecular weight excluding hydrogens is 441 g/mol. The van der Waals surface area contributed by atoms with Gasteiger partial charge in [0.05, 0.1) is 0 Å². The van der Waals surface area contributed by atoms with Crippen LogP contribution in [0.4, 0.5) is 0 Å². The van der Waals surface area contributed by atoms with Crippen molar-refractivity contribution >= 4 is 20.5 Å². The van der Waals surface area contributed by atoms with E-state index in [2.05, 4.69) is 4.98 Å². The molecule has 0 amide bonds. The van der Waals surface area contributed by atoms with E-state index in [1.165, 1.54) is 11.6 Å². The Hall–Kier alpha value is -1.44. The minimum absolute atomic E-state index is 0.278. The molecule has 2 aromatic rings. The minimum atomic E-state index is -0.833. The Bertz CT molecular complexity index is 751. The number of fused-ring (bicyclic) bond motifs is 1. The fourth-order valence-corrected chi connectivity index (χ4v) is 2.76. The molecule has 0 bridgehead atoms. The molecule has 0 aliphatic heterocycles. The van der Waals surface area contributed by atoms with E-state index in [-0.39, 0.29) is 11.2 Å². The second-order valence-electron chi connectivity index (χ2n) is 3.98. The van der Waals surface area contributed by atoms with Gasteiger partial charge in [0, 0.05) is 6.92 Å². The monoisotopic (exact) mass is 455 g/mol. The van der Waals surface area contributed by atoms with Gasteiger partial charge in [-0.3, -0.25) is 4.79 Å². The van der Waals surface area contributed by atoms with Gasteiger partial charge in [-0.2, -0.15) is 0 Å². The Kier molecular flexibility index (Phi) is 4.67. The van der Waals surface area contributed by atoms with Crippen molar-refractivity contribution in [1.29, 1.82) is 0 Å². The third-order valence-electron chi connectivity index (χ3n) is 2.57. The van der Waals surface area contributed by atoms with Crippen LogP contribution in [0.2, 0.25) is 0 Å². The maximum absolute atomic E-state index is 11.8. The molecule has 8 nitrogen and oxygen atoms in total. The van der Waals surface area contributed by atoms with Crippen LogP contribution >= 0.6 is 0 Å². The summed E-state index contributed by atoms with van der Waals surface area (Å²) in [4.78, 5) is 36.7. The molecule has 0 aliphatic carbocycles. The van der Waals surface area contributed by atoms with E-state index in [1.807, 2.05) is 7.05 Å². The van der Waals surface area contributed by atoms with E-state index in [1.54, 1.807) is 11.6 Å². The average Bonchev–Trinajstić information content (AvgIpc) is 2.60. The summed E-state index contributed by atoms with van der Waals surface area (Å²) in [6.45, 7) is 1.08. The molecule has 0 spiro atoms. The molecule has 0 unspecified atom stereocenters. The van der Waals surface area contributed by atoms with Gasteiger partial charge in [0.25, 0.3) is 5.97 Å². The van der Waals surface area contributed by atoms with Crippen LogP contribution in [-0.4, -0.2) is 29.8 Å². The number of carboxylic acid groups (broad SMARTS) is 1. The van der Waals surface area contributed by atoms with Crippen molar-refractivity contribution in [2.45, 2.75) is 6.92 Å². The third kappa shape index (κ3) is 2.94. The Morgan fingerprint density at radius 2 is 1.63 bits per heavy atom. The predicted molar refractivity (Wildman–Crippen MR) is 64.1 cm³/mol. The number of imidazole rings is 1. The quantitative estimate of drug-likeness (QED) is 0.476. The molecule has 2 rings (SSSR count). The van der Waals surface area contributed by atoms with Gasteiger partial charge in [0.15, 0.2) is 0 Å². The standard InChI is InChI=1S/C8H9N4O2.C2H4O2.Hg/c1-10-4-9-6-5(10)7(13)12(3)8(14)11(6)2;1-2(3)4;/h1-3H3;1H3,(H,3,4);. The second kappa shape index (κ2) is 5.68. The number of carbonyl (C=O) groups is 1. The molecule has 0 aliphatic rings. The van der Waals surface area contributed by atoms with Gasteiger partial charge in [-0.15, -0.1) is 0 Å². The molecule has 0 fully saturated rings. The number of carboxylic acids is 1. The summed E-state index contributed by atoms with van der Waals surface area (Å²) in [7, 11) is 4.92. The Morgan fingerprint density at radius 1 is 1.16 bits per heavy atom. The summed E-state index contributed by atoms with van der Waals surface area (Å²) in [5.41, 5.74) is 0.374. The molecule has 0 saturated heterocycles. The summed E-state index contributed by atoms with van der Waals surface area (Å²) in [6, 6.07) is 0. The number of aromatic nitrogens is 4. The first-order valence-corrected chi connectivity index (χ1v) is 8.07. The van der Waals surface area contributed by atoms with Crippen molar-refractivity contribution < 1.29 is 36.0 Å². The molecule has 9 heteroatoms. The SMILES string of the molecule is CC(=O)O.Cn1c(=O)c2c(n[c]([Hg])n2C)n(C)c1=O. The van der Waals surface area contributed by atoms with E-state index in [0.29, 0.717) is 37.3 Å². The summed E-state index contributed by atoms with van der Waals surface area (Å²) in [6.07, 6.45) is 0. The Morgan fingerprint density at radius 3 is 2.11 bits per heavy atom. The number of aryl methyl sites for hydroxylation is 2. The van der Waals surface area contributed by atoms with E-state index in [9.17, 15) is 9.59 Å². The van der Waals surface area contributed by atoms with Crippen molar-refractivity contribution in [1.82, 2.24) is 18.7 Å². The molecule has 99 valence electrons. The summed E-state index contributed by atoms with van der Waals surface area (Å²) >= 11 is 0.324. The number of nitrogens with zero attached hydrogens (tertiary/aromatic N) is 4. The molecule has 2 aromatic heterocycles. The van der Waals surface area contributed by atoms with Gasteiger partial charge in [-0.25, -0.2) is 0 Å². The average molecular weight is 454 g/mol. The molecule has 0 radical (unpaired) electrons. The second-order valence-corrected chi connectivity index (χ2v) is 6.44. The van der Waals surface area contributed by atoms with Crippen molar-refractivity contribution in [3.8, 4) is 0 Å². The summed E-state index contributed by atoms with van der Waals surface area (Å²) in [5, 5.41) is 7.42. The fourth-order valence-electron chi connectivity index (χ4n) is 1.56. The predicted octanol–water partition coefficient (Wildman–Crippen LogP) is -1.77. The van der Waals surface area contributed by atoms with E-state index >= 15 is 0 Å². The zero-order valence-corrected chi connectivity index (χ0v) is 16.7. The summed E-state index contributed by atoms with van der Waals surface area (Å²) in [5.74, 6) is -0.833. The summed E-state index contributed by atoms with van der Waals surface area (Å²) < 4.78 is 5.20. The van der Waals surface area contributed by atoms with Gasteiger partial charge >= 0.3 is 101 Å². The molecule has 0 saturated carbocycles. The Labute approximate surface area is 124 Å². The van der Waals surface area contributed by atoms with Crippen LogP contribution in [0.15, 0.2) is 9.59 Å². The van der Waals surface area contributed by atoms with Crippen molar-refractivity contribution in [2.75, 3.05) is 0 Å². The van der Waals surface area contributed by atoms with Gasteiger partial charge in [-0.1, -0.05) is 0 Å². The fraction of sp³-hybridized carbons (Fsp3) is 0.400. The maximum atomic E-state index is 11.8. The molecule has 19 heavy (non-hydrogen) atoms. The Balaban J connectivity index is 0.000000399. The third-order valence-corrected chi connectivity index (χ3v) is 5.03. The van der Waals surface area contributed by atoms with Gasteiger partial charge in [-0.05, 0) is 0 Å².